The van der Waals surface area contributed by atoms with Crippen molar-refractivity contribution in [3.8, 4) is 5.75 Å². The molecule has 0 aliphatic carbocycles. The van der Waals surface area contributed by atoms with Crippen LogP contribution in [0.25, 0.3) is 0 Å². The molecule has 0 fully saturated rings. The average molecular weight is 394 g/mol. The van der Waals surface area contributed by atoms with Gasteiger partial charge in [0, 0.05) is 7.11 Å². The molecule has 0 spiro atoms. The summed E-state index contributed by atoms with van der Waals surface area (Å²) in [5.41, 5.74) is 0.0818. The van der Waals surface area contributed by atoms with Gasteiger partial charge < -0.3 is 14.8 Å². The number of hydrogen-bond acceptors (Lipinski definition) is 5. The van der Waals surface area contributed by atoms with E-state index in [0.29, 0.717) is 0 Å². The summed E-state index contributed by atoms with van der Waals surface area (Å²) in [4.78, 5) is 19.7. The highest BCUT2D eigenvalue weighted by molar-refractivity contribution is 6.29. The van der Waals surface area contributed by atoms with Crippen LogP contribution in [-0.2, 0) is 4.74 Å². The van der Waals surface area contributed by atoms with E-state index in [1.54, 1.807) is 0 Å². The largest absolute Gasteiger partial charge is 0.573 e. The molecule has 0 bridgehead atoms. The fourth-order valence-corrected chi connectivity index (χ4v) is 2.16. The third kappa shape index (κ3) is 5.53. The third-order valence-corrected chi connectivity index (χ3v) is 3.24. The summed E-state index contributed by atoms with van der Waals surface area (Å²) in [6.07, 6.45) is -2.61. The molecule has 26 heavy (non-hydrogen) atoms. The Kier molecular flexibility index (Phi) is 6.32. The minimum absolute atomic E-state index is 0.000591. The lowest BCUT2D eigenvalue weighted by Crippen LogP contribution is -2.32. The van der Waals surface area contributed by atoms with Crippen LogP contribution in [0.5, 0.6) is 5.75 Å². The zero-order valence-corrected chi connectivity index (χ0v) is 13.9. The van der Waals surface area contributed by atoms with Crippen LogP contribution < -0.4 is 10.1 Å². The molecule has 1 amide bonds. The number of alkyl halides is 3. The van der Waals surface area contributed by atoms with E-state index in [2.05, 4.69) is 20.0 Å². The van der Waals surface area contributed by atoms with Crippen LogP contribution in [0, 0.1) is 5.82 Å². The molecule has 6 nitrogen and oxygen atoms in total. The van der Waals surface area contributed by atoms with E-state index in [-0.39, 0.29) is 23.0 Å². The van der Waals surface area contributed by atoms with Gasteiger partial charge in [-0.15, -0.1) is 13.2 Å². The smallest absolute Gasteiger partial charge is 0.403 e. The number of aromatic nitrogens is 2. The Bertz CT molecular complexity index is 789. The number of nitrogens with zero attached hydrogens (tertiary/aromatic N) is 2. The lowest BCUT2D eigenvalue weighted by Gasteiger charge is -2.19. The molecule has 140 valence electrons. The predicted molar refractivity (Wildman–Crippen MR) is 82.2 cm³/mol. The Hall–Kier alpha value is -2.46. The summed E-state index contributed by atoms with van der Waals surface area (Å²) < 4.78 is 59.0. The van der Waals surface area contributed by atoms with Gasteiger partial charge in [-0.05, 0) is 17.7 Å². The highest BCUT2D eigenvalue weighted by Gasteiger charge is 2.32. The lowest BCUT2D eigenvalue weighted by molar-refractivity contribution is -0.275. The van der Waals surface area contributed by atoms with Crippen LogP contribution in [0.1, 0.15) is 22.1 Å². The molecule has 2 rings (SSSR count). The van der Waals surface area contributed by atoms with Gasteiger partial charge in [-0.25, -0.2) is 9.37 Å². The quantitative estimate of drug-likeness (QED) is 0.762. The first-order valence-corrected chi connectivity index (χ1v) is 7.40. The van der Waals surface area contributed by atoms with Crippen LogP contribution in [0.4, 0.5) is 17.6 Å². The van der Waals surface area contributed by atoms with Crippen molar-refractivity contribution in [2.75, 3.05) is 13.7 Å². The Morgan fingerprint density at radius 3 is 2.65 bits per heavy atom. The topological polar surface area (TPSA) is 73.3 Å². The monoisotopic (exact) mass is 393 g/mol. The summed E-state index contributed by atoms with van der Waals surface area (Å²) >= 11 is 5.66. The van der Waals surface area contributed by atoms with E-state index < -0.39 is 29.9 Å². The van der Waals surface area contributed by atoms with Gasteiger partial charge in [-0.1, -0.05) is 17.7 Å². The predicted octanol–water partition coefficient (Wildman–Crippen LogP) is 3.29. The maximum absolute atomic E-state index is 13.9. The number of nitrogens with one attached hydrogen (secondary N) is 1. The fourth-order valence-electron chi connectivity index (χ4n) is 2.01. The van der Waals surface area contributed by atoms with Crippen molar-refractivity contribution in [2.45, 2.75) is 12.4 Å². The summed E-state index contributed by atoms with van der Waals surface area (Å²) in [7, 11) is 1.34. The molecule has 1 atom stereocenters. The van der Waals surface area contributed by atoms with Crippen LogP contribution in [0.3, 0.4) is 0 Å². The highest BCUT2D eigenvalue weighted by atomic mass is 35.5. The number of carbonyl (C=O) groups excluding carboxylic acids is 1. The van der Waals surface area contributed by atoms with Crippen molar-refractivity contribution in [2.24, 2.45) is 0 Å². The first-order valence-electron chi connectivity index (χ1n) is 7.02. The summed E-state index contributed by atoms with van der Waals surface area (Å²) in [5, 5.41) is 2.52. The highest BCUT2D eigenvalue weighted by Crippen LogP contribution is 2.28. The number of benzene rings is 1. The molecule has 11 heteroatoms. The minimum Gasteiger partial charge on any atom is -0.403 e. The van der Waals surface area contributed by atoms with Gasteiger partial charge in [0.15, 0.2) is 11.6 Å². The summed E-state index contributed by atoms with van der Waals surface area (Å²) in [5.74, 6) is -2.89. The van der Waals surface area contributed by atoms with E-state index in [4.69, 9.17) is 16.3 Å². The molecule has 1 aromatic carbocycles. The Balaban J connectivity index is 2.21. The van der Waals surface area contributed by atoms with Crippen LogP contribution in [-0.4, -0.2) is 36.0 Å². The number of hydrogen-bond donors (Lipinski definition) is 1. The van der Waals surface area contributed by atoms with Crippen molar-refractivity contribution in [3.63, 3.8) is 0 Å². The molecule has 1 heterocycles. The Morgan fingerprint density at radius 2 is 2.08 bits per heavy atom. The molecular weight excluding hydrogens is 382 g/mol. The molecule has 0 aliphatic heterocycles. The van der Waals surface area contributed by atoms with Crippen molar-refractivity contribution < 1.29 is 31.8 Å². The van der Waals surface area contributed by atoms with Crippen molar-refractivity contribution in [1.29, 1.82) is 0 Å². The zero-order chi connectivity index (χ0) is 19.3. The molecule has 1 unspecified atom stereocenters. The molecule has 0 saturated carbocycles. The number of rotatable bonds is 6. The second-order valence-electron chi connectivity index (χ2n) is 4.95. The molecule has 0 radical (unpaired) electrons. The minimum atomic E-state index is -5.02. The fraction of sp³-hybridized carbons (Fsp3) is 0.267. The molecule has 1 N–H and O–H groups in total. The maximum atomic E-state index is 13.9. The first kappa shape index (κ1) is 19.9. The van der Waals surface area contributed by atoms with Crippen molar-refractivity contribution in [3.05, 3.63) is 52.8 Å². The number of methoxy groups -OCH3 is 1. The van der Waals surface area contributed by atoms with Crippen LogP contribution in [0.15, 0.2) is 30.6 Å². The van der Waals surface area contributed by atoms with E-state index in [0.717, 1.165) is 12.1 Å². The van der Waals surface area contributed by atoms with Gasteiger partial charge in [0.1, 0.15) is 10.8 Å². The number of halogens is 5. The molecule has 2 aromatic rings. The van der Waals surface area contributed by atoms with Crippen molar-refractivity contribution >= 4 is 17.5 Å². The standard InChI is InChI=1S/C15H12ClF4N3O3/c1-25-7-11(23-14(24)10-5-21-6-13(16)22-10)8-2-3-12(9(17)4-8)26-15(18,19)20/h2-6,11H,7H2,1H3,(H,23,24). The summed E-state index contributed by atoms with van der Waals surface area (Å²) in [6.45, 7) is -0.0708. The molecule has 1 aromatic heterocycles. The van der Waals surface area contributed by atoms with Crippen molar-refractivity contribution in [1.82, 2.24) is 15.3 Å². The summed E-state index contributed by atoms with van der Waals surface area (Å²) in [6, 6.07) is 1.95. The van der Waals surface area contributed by atoms with E-state index >= 15 is 0 Å². The van der Waals surface area contributed by atoms with Gasteiger partial charge in [0.05, 0.1) is 25.0 Å². The van der Waals surface area contributed by atoms with Crippen LogP contribution >= 0.6 is 11.6 Å². The number of carbonyl (C=O) groups is 1. The van der Waals surface area contributed by atoms with Gasteiger partial charge in [-0.3, -0.25) is 9.78 Å². The van der Waals surface area contributed by atoms with Gasteiger partial charge in [0.2, 0.25) is 0 Å². The van der Waals surface area contributed by atoms with E-state index in [9.17, 15) is 22.4 Å². The van der Waals surface area contributed by atoms with Gasteiger partial charge in [0.25, 0.3) is 5.91 Å². The zero-order valence-electron chi connectivity index (χ0n) is 13.2. The second kappa shape index (κ2) is 8.28. The number of ether oxygens (including phenoxy) is 2. The Labute approximate surface area is 150 Å². The number of amides is 1. The first-order chi connectivity index (χ1) is 12.2. The molecule has 0 saturated heterocycles. The molecular formula is C15H12ClF4N3O3. The lowest BCUT2D eigenvalue weighted by atomic mass is 10.1. The van der Waals surface area contributed by atoms with E-state index in [1.165, 1.54) is 25.6 Å². The SMILES string of the molecule is COCC(NC(=O)c1cncc(Cl)n1)c1ccc(OC(F)(F)F)c(F)c1. The average Bonchev–Trinajstić information content (AvgIpc) is 2.55. The maximum Gasteiger partial charge on any atom is 0.573 e. The normalized spacial score (nSPS) is 12.5. The molecule has 0 aliphatic rings. The van der Waals surface area contributed by atoms with Gasteiger partial charge >= 0.3 is 6.36 Å². The second-order valence-corrected chi connectivity index (χ2v) is 5.33. The van der Waals surface area contributed by atoms with Crippen LogP contribution in [0.2, 0.25) is 5.15 Å². The third-order valence-electron chi connectivity index (χ3n) is 3.06. The van der Waals surface area contributed by atoms with E-state index in [1.807, 2.05) is 0 Å². The van der Waals surface area contributed by atoms with Gasteiger partial charge in [-0.2, -0.15) is 0 Å². The Morgan fingerprint density at radius 1 is 1.35 bits per heavy atom.